The van der Waals surface area contributed by atoms with E-state index in [1.54, 1.807) is 29.3 Å². The van der Waals surface area contributed by atoms with Crippen LogP contribution in [0.1, 0.15) is 42.5 Å². The van der Waals surface area contributed by atoms with Gasteiger partial charge in [0, 0.05) is 28.8 Å². The molecule has 0 bridgehead atoms. The first-order valence-corrected chi connectivity index (χ1v) is 14.0. The quantitative estimate of drug-likeness (QED) is 0.131. The number of halogens is 5. The zero-order valence-corrected chi connectivity index (χ0v) is 23.9. The zero-order chi connectivity index (χ0) is 28.8. The van der Waals surface area contributed by atoms with Crippen LogP contribution in [-0.2, 0) is 12.0 Å². The van der Waals surface area contributed by atoms with Gasteiger partial charge in [0.25, 0.3) is 0 Å². The molecule has 10 heteroatoms. The number of alkyl halides is 4. The molecule has 3 aromatic rings. The van der Waals surface area contributed by atoms with Gasteiger partial charge < -0.3 is 15.0 Å². The standard InChI is InChI=1S/C30H30F4IN3O2/c1-2-17-38(24-12-6-7-13-24)28(39)37-29(19-21-9-4-3-5-10-21,26-16-15-23(35)20-36-26)22-11-8-14-25(18-22)40-30(33,34)27(31)32/h2-5,8-11,14-16,18,20,24,27H,1,6-7,12-13,17,19H2,(H,37,39)/t29-/m0/s1. The second-order valence-electron chi connectivity index (χ2n) is 9.73. The van der Waals surface area contributed by atoms with Gasteiger partial charge in [0.05, 0.1) is 5.69 Å². The highest BCUT2D eigenvalue weighted by Crippen LogP contribution is 2.37. The summed E-state index contributed by atoms with van der Waals surface area (Å²) in [7, 11) is 0. The summed E-state index contributed by atoms with van der Waals surface area (Å²) < 4.78 is 58.9. The molecule has 212 valence electrons. The van der Waals surface area contributed by atoms with Crippen molar-refractivity contribution in [2.24, 2.45) is 0 Å². The number of hydrogen-bond donors (Lipinski definition) is 1. The minimum absolute atomic E-state index is 0.0245. The number of carbonyl (C=O) groups excluding carboxylic acids is 1. The molecule has 1 saturated carbocycles. The van der Waals surface area contributed by atoms with Crippen molar-refractivity contribution in [2.45, 2.75) is 56.2 Å². The number of carbonyl (C=O) groups is 1. The van der Waals surface area contributed by atoms with Crippen LogP contribution < -0.4 is 10.1 Å². The van der Waals surface area contributed by atoms with Crippen LogP contribution in [-0.4, -0.2) is 41.0 Å². The molecule has 1 fully saturated rings. The van der Waals surface area contributed by atoms with Gasteiger partial charge in [-0.15, -0.1) is 6.58 Å². The van der Waals surface area contributed by atoms with Gasteiger partial charge in [-0.05, 0) is 70.8 Å². The van der Waals surface area contributed by atoms with Crippen molar-refractivity contribution in [3.63, 3.8) is 0 Å². The first-order chi connectivity index (χ1) is 19.1. The molecule has 0 aliphatic heterocycles. The van der Waals surface area contributed by atoms with E-state index in [0.717, 1.165) is 34.8 Å². The topological polar surface area (TPSA) is 54.5 Å². The Labute approximate surface area is 244 Å². The number of urea groups is 1. The first-order valence-electron chi connectivity index (χ1n) is 13.0. The lowest BCUT2D eigenvalue weighted by Crippen LogP contribution is -2.55. The summed E-state index contributed by atoms with van der Waals surface area (Å²) >= 11 is 2.12. The van der Waals surface area contributed by atoms with Gasteiger partial charge in [0.1, 0.15) is 11.3 Å². The average molecular weight is 667 g/mol. The third kappa shape index (κ3) is 6.94. The molecule has 1 aromatic heterocycles. The van der Waals surface area contributed by atoms with E-state index in [4.69, 9.17) is 0 Å². The largest absolute Gasteiger partial charge is 0.461 e. The summed E-state index contributed by atoms with van der Waals surface area (Å²) in [6.45, 7) is 4.14. The van der Waals surface area contributed by atoms with Crippen LogP contribution in [0, 0.1) is 3.57 Å². The lowest BCUT2D eigenvalue weighted by Gasteiger charge is -2.39. The number of nitrogens with zero attached hydrogens (tertiary/aromatic N) is 2. The van der Waals surface area contributed by atoms with Crippen molar-refractivity contribution in [1.82, 2.24) is 15.2 Å². The number of nitrogens with one attached hydrogen (secondary N) is 1. The second-order valence-corrected chi connectivity index (χ2v) is 11.0. The van der Waals surface area contributed by atoms with E-state index in [-0.39, 0.29) is 18.5 Å². The molecule has 2 amide bonds. The third-order valence-electron chi connectivity index (χ3n) is 6.98. The smallest absolute Gasteiger partial charge is 0.428 e. The fourth-order valence-corrected chi connectivity index (χ4v) is 5.40. The van der Waals surface area contributed by atoms with Crippen molar-refractivity contribution in [3.8, 4) is 5.75 Å². The Kier molecular flexibility index (Phi) is 9.70. The van der Waals surface area contributed by atoms with Gasteiger partial charge in [-0.2, -0.15) is 17.6 Å². The number of aromatic nitrogens is 1. The molecular weight excluding hydrogens is 637 g/mol. The molecular formula is C30H30F4IN3O2. The Hall–Kier alpha value is -3.15. The third-order valence-corrected chi connectivity index (χ3v) is 7.62. The first kappa shape index (κ1) is 29.8. The molecule has 1 N–H and O–H groups in total. The van der Waals surface area contributed by atoms with Gasteiger partial charge in [-0.3, -0.25) is 4.98 Å². The van der Waals surface area contributed by atoms with E-state index in [9.17, 15) is 22.4 Å². The fraction of sp³-hybridized carbons (Fsp3) is 0.333. The molecule has 2 aromatic carbocycles. The maximum absolute atomic E-state index is 14.0. The average Bonchev–Trinajstić information content (AvgIpc) is 3.47. The van der Waals surface area contributed by atoms with Crippen LogP contribution in [0.2, 0.25) is 0 Å². The van der Waals surface area contributed by atoms with Crippen molar-refractivity contribution in [3.05, 3.63) is 106 Å². The van der Waals surface area contributed by atoms with E-state index in [0.29, 0.717) is 17.8 Å². The molecule has 1 aliphatic carbocycles. The molecule has 1 aliphatic rings. The van der Waals surface area contributed by atoms with E-state index in [1.807, 2.05) is 36.4 Å². The monoisotopic (exact) mass is 667 g/mol. The van der Waals surface area contributed by atoms with Crippen molar-refractivity contribution < 1.29 is 27.1 Å². The van der Waals surface area contributed by atoms with E-state index < -0.39 is 23.8 Å². The van der Waals surface area contributed by atoms with Gasteiger partial charge in [0.2, 0.25) is 0 Å². The minimum Gasteiger partial charge on any atom is -0.428 e. The predicted molar refractivity (Wildman–Crippen MR) is 154 cm³/mol. The highest BCUT2D eigenvalue weighted by atomic mass is 127. The molecule has 0 saturated heterocycles. The van der Waals surface area contributed by atoms with Crippen LogP contribution in [0.25, 0.3) is 0 Å². The maximum atomic E-state index is 14.0. The fourth-order valence-electron chi connectivity index (χ4n) is 5.09. The number of benzene rings is 2. The second kappa shape index (κ2) is 13.0. The number of ether oxygens (including phenoxy) is 1. The number of amides is 2. The van der Waals surface area contributed by atoms with Crippen molar-refractivity contribution in [2.75, 3.05) is 6.54 Å². The van der Waals surface area contributed by atoms with Gasteiger partial charge >= 0.3 is 18.6 Å². The molecule has 40 heavy (non-hydrogen) atoms. The molecule has 1 atom stereocenters. The SMILES string of the molecule is C=CCN(C(=O)N[C@@](Cc1ccccc1)(c1cccc(OC(F)(F)C(F)F)c1)c1ccc(I)cn1)C1CCCC1. The molecule has 0 unspecified atom stereocenters. The summed E-state index contributed by atoms with van der Waals surface area (Å²) in [5.74, 6) is -0.460. The number of hydrogen-bond acceptors (Lipinski definition) is 3. The number of pyridine rings is 1. The summed E-state index contributed by atoms with van der Waals surface area (Å²) in [6, 6.07) is 18.1. The normalized spacial score (nSPS) is 15.4. The number of rotatable bonds is 11. The molecule has 0 radical (unpaired) electrons. The van der Waals surface area contributed by atoms with Crippen LogP contribution in [0.15, 0.2) is 85.6 Å². The highest BCUT2D eigenvalue weighted by molar-refractivity contribution is 14.1. The predicted octanol–water partition coefficient (Wildman–Crippen LogP) is 7.55. The van der Waals surface area contributed by atoms with Gasteiger partial charge in [0.15, 0.2) is 0 Å². The summed E-state index contributed by atoms with van der Waals surface area (Å²) in [5.41, 5.74) is 0.280. The van der Waals surface area contributed by atoms with Crippen LogP contribution >= 0.6 is 22.6 Å². The highest BCUT2D eigenvalue weighted by Gasteiger charge is 2.45. The van der Waals surface area contributed by atoms with Crippen molar-refractivity contribution >= 4 is 28.6 Å². The summed E-state index contributed by atoms with van der Waals surface area (Å²) in [6.07, 6.45) is -1.44. The van der Waals surface area contributed by atoms with Crippen LogP contribution in [0.5, 0.6) is 5.75 Å². The Morgan fingerprint density at radius 2 is 1.85 bits per heavy atom. The molecule has 4 rings (SSSR count). The van der Waals surface area contributed by atoms with Gasteiger partial charge in [-0.25, -0.2) is 4.79 Å². The Balaban J connectivity index is 1.87. The Morgan fingerprint density at radius 3 is 2.48 bits per heavy atom. The molecule has 5 nitrogen and oxygen atoms in total. The Morgan fingerprint density at radius 1 is 1.12 bits per heavy atom. The summed E-state index contributed by atoms with van der Waals surface area (Å²) in [4.78, 5) is 20.4. The molecule has 0 spiro atoms. The summed E-state index contributed by atoms with van der Waals surface area (Å²) in [5, 5.41) is 3.19. The lowest BCUT2D eigenvalue weighted by atomic mass is 9.80. The van der Waals surface area contributed by atoms with Crippen molar-refractivity contribution in [1.29, 1.82) is 0 Å². The zero-order valence-electron chi connectivity index (χ0n) is 21.7. The van der Waals surface area contributed by atoms with E-state index >= 15 is 0 Å². The minimum atomic E-state index is -4.69. The maximum Gasteiger partial charge on any atom is 0.461 e. The van der Waals surface area contributed by atoms with Crippen LogP contribution in [0.4, 0.5) is 22.4 Å². The van der Waals surface area contributed by atoms with Gasteiger partial charge in [-0.1, -0.05) is 61.4 Å². The Bertz CT molecular complexity index is 1290. The molecule has 1 heterocycles. The lowest BCUT2D eigenvalue weighted by molar-refractivity contribution is -0.253. The van der Waals surface area contributed by atoms with E-state index in [1.165, 1.54) is 18.2 Å². The van der Waals surface area contributed by atoms with E-state index in [2.05, 4.69) is 44.2 Å². The van der Waals surface area contributed by atoms with Crippen LogP contribution in [0.3, 0.4) is 0 Å².